The summed E-state index contributed by atoms with van der Waals surface area (Å²) in [4.78, 5) is 26.5. The van der Waals surface area contributed by atoms with Gasteiger partial charge < -0.3 is 4.74 Å². The molecule has 1 N–H and O–H groups in total. The van der Waals surface area contributed by atoms with E-state index in [0.29, 0.717) is 24.3 Å². The molecule has 0 heterocycles. The van der Waals surface area contributed by atoms with Gasteiger partial charge in [0.1, 0.15) is 5.75 Å². The first kappa shape index (κ1) is 28.3. The fraction of sp³-hybridized carbons (Fsp3) is 0.312. The molecule has 1 aliphatic carbocycles. The summed E-state index contributed by atoms with van der Waals surface area (Å²) in [6.07, 6.45) is 5.15. The van der Waals surface area contributed by atoms with Crippen LogP contribution in [0.25, 0.3) is 0 Å². The summed E-state index contributed by atoms with van der Waals surface area (Å²) in [6.45, 7) is 6.77. The van der Waals surface area contributed by atoms with Crippen molar-refractivity contribution in [3.05, 3.63) is 101 Å². The number of ether oxygens (including phenoxy) is 1. The Bertz CT molecular complexity index is 1470. The number of aryl methyl sites for hydroxylation is 1. The molecular formula is C32H35NO5S. The number of sulfonamides is 1. The molecule has 0 amide bonds. The van der Waals surface area contributed by atoms with Crippen molar-refractivity contribution < 1.29 is 22.7 Å². The first-order valence-electron chi connectivity index (χ1n) is 13.5. The number of hydrogen-bond donors (Lipinski definition) is 1. The number of rotatable bonds is 12. The maximum atomic E-state index is 13.3. The lowest BCUT2D eigenvalue weighted by Gasteiger charge is -2.18. The third-order valence-electron chi connectivity index (χ3n) is 7.03. The van der Waals surface area contributed by atoms with E-state index >= 15 is 0 Å². The number of nitrogens with one attached hydrogen (secondary N) is 1. The number of carbonyl (C=O) groups is 2. The Hall–Kier alpha value is -3.71. The van der Waals surface area contributed by atoms with Crippen molar-refractivity contribution >= 4 is 27.3 Å². The second-order valence-electron chi connectivity index (χ2n) is 9.93. The van der Waals surface area contributed by atoms with Gasteiger partial charge in [-0.2, -0.15) is 0 Å². The van der Waals surface area contributed by atoms with Crippen molar-refractivity contribution in [3.8, 4) is 5.75 Å². The smallest absolute Gasteiger partial charge is 0.261 e. The number of fused-ring (bicyclic) bond motifs is 1. The first-order valence-corrected chi connectivity index (χ1v) is 15.0. The molecule has 39 heavy (non-hydrogen) atoms. The normalized spacial score (nSPS) is 13.8. The van der Waals surface area contributed by atoms with Gasteiger partial charge in [-0.15, -0.1) is 0 Å². The third-order valence-corrected chi connectivity index (χ3v) is 8.41. The van der Waals surface area contributed by atoms with E-state index in [4.69, 9.17) is 4.74 Å². The van der Waals surface area contributed by atoms with Crippen LogP contribution in [-0.4, -0.2) is 26.6 Å². The lowest BCUT2D eigenvalue weighted by molar-refractivity contribution is -0.115. The first-order chi connectivity index (χ1) is 18.7. The summed E-state index contributed by atoms with van der Waals surface area (Å²) in [5.41, 5.74) is 3.61. The van der Waals surface area contributed by atoms with Crippen molar-refractivity contribution in [2.24, 2.45) is 0 Å². The molecule has 3 aromatic carbocycles. The molecule has 0 bridgehead atoms. The average Bonchev–Trinajstić information content (AvgIpc) is 2.93. The fourth-order valence-corrected chi connectivity index (χ4v) is 5.64. The molecule has 1 atom stereocenters. The van der Waals surface area contributed by atoms with E-state index in [1.54, 1.807) is 24.3 Å². The van der Waals surface area contributed by atoms with E-state index in [1.165, 1.54) is 12.1 Å². The van der Waals surface area contributed by atoms with E-state index in [1.807, 2.05) is 50.2 Å². The summed E-state index contributed by atoms with van der Waals surface area (Å²) in [5.74, 6) is 0.0271. The fourth-order valence-electron chi connectivity index (χ4n) is 4.56. The quantitative estimate of drug-likeness (QED) is 0.203. The Morgan fingerprint density at radius 3 is 2.38 bits per heavy atom. The van der Waals surface area contributed by atoms with Crippen LogP contribution < -0.4 is 9.46 Å². The van der Waals surface area contributed by atoms with Crippen molar-refractivity contribution in [2.75, 3.05) is 11.3 Å². The van der Waals surface area contributed by atoms with Crippen LogP contribution in [0.2, 0.25) is 0 Å². The monoisotopic (exact) mass is 545 g/mol. The Morgan fingerprint density at radius 2 is 1.72 bits per heavy atom. The lowest BCUT2D eigenvalue weighted by atomic mass is 9.85. The molecule has 204 valence electrons. The summed E-state index contributed by atoms with van der Waals surface area (Å²) in [5, 5.41) is 0. The maximum absolute atomic E-state index is 13.3. The van der Waals surface area contributed by atoms with Crippen LogP contribution in [0, 0.1) is 0 Å². The molecule has 0 aromatic heterocycles. The topological polar surface area (TPSA) is 89.5 Å². The second-order valence-corrected chi connectivity index (χ2v) is 11.6. The summed E-state index contributed by atoms with van der Waals surface area (Å²) >= 11 is 0. The van der Waals surface area contributed by atoms with Gasteiger partial charge in [0.05, 0.1) is 17.1 Å². The molecule has 4 rings (SSSR count). The zero-order valence-electron chi connectivity index (χ0n) is 22.7. The van der Waals surface area contributed by atoms with Crippen molar-refractivity contribution in [1.82, 2.24) is 0 Å². The average molecular weight is 546 g/mol. The van der Waals surface area contributed by atoms with Gasteiger partial charge in [-0.05, 0) is 78.3 Å². The number of hydrogen-bond acceptors (Lipinski definition) is 5. The standard InChI is InChI=1S/C32H35NO5S/c1-4-6-19-38-27-15-9-24(10-16-27)22(3)20-31(34)29-18-12-25-11-17-28(21-30(25)32(29)35)39(36,37)33-26-13-7-23(5-2)8-14-26/h7-11,13-18,21-22,33H,4-6,12,19-20H2,1-3H3. The molecule has 1 unspecified atom stereocenters. The number of unbranched alkanes of at least 4 members (excludes halogenated alkanes) is 1. The van der Waals surface area contributed by atoms with Crippen LogP contribution in [0.15, 0.2) is 83.3 Å². The third kappa shape index (κ3) is 6.84. The van der Waals surface area contributed by atoms with Crippen molar-refractivity contribution in [3.63, 3.8) is 0 Å². The summed E-state index contributed by atoms with van der Waals surface area (Å²) in [6, 6.07) is 19.4. The van der Waals surface area contributed by atoms with E-state index in [-0.39, 0.29) is 34.2 Å². The molecule has 0 fully saturated rings. The zero-order chi connectivity index (χ0) is 28.0. The highest BCUT2D eigenvalue weighted by Gasteiger charge is 2.28. The molecule has 3 aromatic rings. The van der Waals surface area contributed by atoms with Gasteiger partial charge in [0.2, 0.25) is 0 Å². The van der Waals surface area contributed by atoms with Crippen LogP contribution >= 0.6 is 0 Å². The minimum absolute atomic E-state index is 0.0162. The van der Waals surface area contributed by atoms with E-state index in [0.717, 1.165) is 36.1 Å². The highest BCUT2D eigenvalue weighted by Crippen LogP contribution is 2.29. The molecule has 0 spiro atoms. The van der Waals surface area contributed by atoms with Gasteiger partial charge in [0.15, 0.2) is 11.6 Å². The highest BCUT2D eigenvalue weighted by atomic mass is 32.2. The summed E-state index contributed by atoms with van der Waals surface area (Å²) in [7, 11) is -3.91. The number of benzene rings is 3. The van der Waals surface area contributed by atoms with Crippen molar-refractivity contribution in [2.45, 2.75) is 63.7 Å². The molecule has 0 aliphatic heterocycles. The second kappa shape index (κ2) is 12.4. The minimum Gasteiger partial charge on any atom is -0.494 e. The highest BCUT2D eigenvalue weighted by molar-refractivity contribution is 7.92. The lowest BCUT2D eigenvalue weighted by Crippen LogP contribution is -2.21. The molecule has 0 radical (unpaired) electrons. The van der Waals surface area contributed by atoms with E-state index in [2.05, 4.69) is 11.6 Å². The van der Waals surface area contributed by atoms with Gasteiger partial charge in [0, 0.05) is 17.7 Å². The molecule has 1 aliphatic rings. The molecule has 0 saturated heterocycles. The Morgan fingerprint density at radius 1 is 1.00 bits per heavy atom. The van der Waals surface area contributed by atoms with Gasteiger partial charge >= 0.3 is 0 Å². The molecule has 7 heteroatoms. The number of carbonyl (C=O) groups excluding carboxylic acids is 2. The van der Waals surface area contributed by atoms with Gasteiger partial charge in [-0.3, -0.25) is 14.3 Å². The largest absolute Gasteiger partial charge is 0.494 e. The predicted molar refractivity (Wildman–Crippen MR) is 154 cm³/mol. The Kier molecular flexibility index (Phi) is 9.02. The van der Waals surface area contributed by atoms with Crippen LogP contribution in [0.4, 0.5) is 5.69 Å². The number of Topliss-reactive ketones (excluding diaryl/α,β-unsaturated/α-hetero) is 2. The number of allylic oxidation sites excluding steroid dienone is 2. The SMILES string of the molecule is CCCCOc1ccc(C(C)CC(=O)C2=CCc3ccc(S(=O)(=O)Nc4ccc(CC)cc4)cc3C2=O)cc1. The van der Waals surface area contributed by atoms with E-state index in [9.17, 15) is 18.0 Å². The van der Waals surface area contributed by atoms with Crippen LogP contribution in [0.1, 0.15) is 73.0 Å². The van der Waals surface area contributed by atoms with E-state index < -0.39 is 15.8 Å². The minimum atomic E-state index is -3.91. The maximum Gasteiger partial charge on any atom is 0.261 e. The van der Waals surface area contributed by atoms with Crippen LogP contribution in [0.5, 0.6) is 5.75 Å². The van der Waals surface area contributed by atoms with Gasteiger partial charge in [0.25, 0.3) is 10.0 Å². The van der Waals surface area contributed by atoms with Gasteiger partial charge in [-0.25, -0.2) is 8.42 Å². The molecular weight excluding hydrogens is 510 g/mol. The van der Waals surface area contributed by atoms with Crippen molar-refractivity contribution in [1.29, 1.82) is 0 Å². The molecule has 6 nitrogen and oxygen atoms in total. The van der Waals surface area contributed by atoms with Crippen LogP contribution in [-0.2, 0) is 27.7 Å². The number of ketones is 2. The Labute approximate surface area is 231 Å². The summed E-state index contributed by atoms with van der Waals surface area (Å²) < 4.78 is 34.4. The van der Waals surface area contributed by atoms with Crippen LogP contribution in [0.3, 0.4) is 0 Å². The Balaban J connectivity index is 1.45. The molecule has 0 saturated carbocycles. The predicted octanol–water partition coefficient (Wildman–Crippen LogP) is 6.66. The zero-order valence-corrected chi connectivity index (χ0v) is 23.5. The van der Waals surface area contributed by atoms with Gasteiger partial charge in [-0.1, -0.05) is 63.6 Å². The number of anilines is 1.